The van der Waals surface area contributed by atoms with Crippen LogP contribution in [0, 0.1) is 5.82 Å². The van der Waals surface area contributed by atoms with Crippen molar-refractivity contribution in [1.82, 2.24) is 4.98 Å². The zero-order valence-corrected chi connectivity index (χ0v) is 10.2. The zero-order chi connectivity index (χ0) is 15.6. The number of ether oxygens (including phenoxy) is 1. The van der Waals surface area contributed by atoms with Crippen LogP contribution in [0.15, 0.2) is 36.5 Å². The Balaban J connectivity index is 2.48. The van der Waals surface area contributed by atoms with Crippen LogP contribution in [0.3, 0.4) is 0 Å². The van der Waals surface area contributed by atoms with Crippen molar-refractivity contribution >= 4 is 5.97 Å². The van der Waals surface area contributed by atoms with Gasteiger partial charge >= 0.3 is 12.3 Å². The van der Waals surface area contributed by atoms with E-state index in [2.05, 4.69) is 9.72 Å². The van der Waals surface area contributed by atoms with E-state index in [0.29, 0.717) is 0 Å². The fraction of sp³-hybridized carbons (Fsp3) is 0.0769. The van der Waals surface area contributed by atoms with E-state index >= 15 is 0 Å². The fourth-order valence-electron chi connectivity index (χ4n) is 1.67. The molecule has 0 amide bonds. The minimum absolute atomic E-state index is 0.0640. The van der Waals surface area contributed by atoms with Gasteiger partial charge in [-0.1, -0.05) is 12.1 Å². The summed E-state index contributed by atoms with van der Waals surface area (Å²) in [6, 6.07) is 5.35. The number of carboxylic acids is 1. The van der Waals surface area contributed by atoms with Crippen LogP contribution >= 0.6 is 0 Å². The van der Waals surface area contributed by atoms with E-state index in [9.17, 15) is 22.4 Å². The molecule has 0 aliphatic rings. The number of halogens is 4. The number of hydrogen-bond acceptors (Lipinski definition) is 3. The summed E-state index contributed by atoms with van der Waals surface area (Å²) in [5.41, 5.74) is -0.551. The normalized spacial score (nSPS) is 11.2. The van der Waals surface area contributed by atoms with Crippen LogP contribution < -0.4 is 4.74 Å². The first-order valence-corrected chi connectivity index (χ1v) is 5.51. The number of aromatic nitrogens is 1. The van der Waals surface area contributed by atoms with Crippen LogP contribution in [0.4, 0.5) is 17.6 Å². The number of benzene rings is 1. The van der Waals surface area contributed by atoms with Crippen molar-refractivity contribution in [2.24, 2.45) is 0 Å². The van der Waals surface area contributed by atoms with Gasteiger partial charge in [-0.15, -0.1) is 13.2 Å². The van der Waals surface area contributed by atoms with Crippen LogP contribution in [0.5, 0.6) is 5.75 Å². The van der Waals surface area contributed by atoms with Crippen LogP contribution in [0.25, 0.3) is 11.3 Å². The molecule has 2 rings (SSSR count). The molecule has 0 atom stereocenters. The van der Waals surface area contributed by atoms with Gasteiger partial charge in [-0.3, -0.25) is 4.98 Å². The Bertz CT molecular complexity index is 685. The molecule has 8 heteroatoms. The highest BCUT2D eigenvalue weighted by Crippen LogP contribution is 2.28. The van der Waals surface area contributed by atoms with Crippen molar-refractivity contribution < 1.29 is 32.2 Å². The van der Waals surface area contributed by atoms with Gasteiger partial charge in [0.1, 0.15) is 11.6 Å². The highest BCUT2D eigenvalue weighted by molar-refractivity contribution is 5.94. The number of carboxylic acid groups (broad SMARTS) is 1. The van der Waals surface area contributed by atoms with E-state index < -0.39 is 29.5 Å². The summed E-state index contributed by atoms with van der Waals surface area (Å²) in [7, 11) is 0. The first-order valence-electron chi connectivity index (χ1n) is 5.51. The standard InChI is InChI=1S/C13H7F4NO3/c14-8-5-10(12(19)20)11(18-6-8)7-2-1-3-9(4-7)21-13(15,16)17/h1-6H,(H,19,20). The molecule has 4 nitrogen and oxygen atoms in total. The molecule has 0 aliphatic carbocycles. The fourth-order valence-corrected chi connectivity index (χ4v) is 1.67. The molecule has 0 spiro atoms. The summed E-state index contributed by atoms with van der Waals surface area (Å²) in [5, 5.41) is 8.99. The number of rotatable bonds is 3. The number of alkyl halides is 3. The van der Waals surface area contributed by atoms with Crippen molar-refractivity contribution in [3.63, 3.8) is 0 Å². The largest absolute Gasteiger partial charge is 0.573 e. The molecule has 0 fully saturated rings. The van der Waals surface area contributed by atoms with Gasteiger partial charge in [-0.25, -0.2) is 9.18 Å². The summed E-state index contributed by atoms with van der Waals surface area (Å²) in [6.45, 7) is 0. The van der Waals surface area contributed by atoms with E-state index in [1.165, 1.54) is 12.1 Å². The van der Waals surface area contributed by atoms with Crippen LogP contribution in [0.2, 0.25) is 0 Å². The minimum atomic E-state index is -4.87. The van der Waals surface area contributed by atoms with Crippen molar-refractivity contribution in [2.75, 3.05) is 0 Å². The second-order valence-corrected chi connectivity index (χ2v) is 3.93. The van der Waals surface area contributed by atoms with Crippen molar-refractivity contribution in [3.8, 4) is 17.0 Å². The molecule has 2 aromatic rings. The average Bonchev–Trinajstić information content (AvgIpc) is 2.36. The van der Waals surface area contributed by atoms with Gasteiger partial charge in [0, 0.05) is 5.56 Å². The second-order valence-electron chi connectivity index (χ2n) is 3.93. The minimum Gasteiger partial charge on any atom is -0.478 e. The van der Waals surface area contributed by atoms with Gasteiger partial charge in [-0.2, -0.15) is 0 Å². The molecule has 110 valence electrons. The first kappa shape index (κ1) is 14.8. The Morgan fingerprint density at radius 2 is 1.95 bits per heavy atom. The van der Waals surface area contributed by atoms with Gasteiger partial charge in [0.25, 0.3) is 0 Å². The molecule has 0 radical (unpaired) electrons. The molecular weight excluding hydrogens is 294 g/mol. The Morgan fingerprint density at radius 1 is 1.24 bits per heavy atom. The quantitative estimate of drug-likeness (QED) is 0.882. The maximum atomic E-state index is 13.0. The molecule has 0 bridgehead atoms. The third-order valence-electron chi connectivity index (χ3n) is 2.43. The lowest BCUT2D eigenvalue weighted by Crippen LogP contribution is -2.17. The lowest BCUT2D eigenvalue weighted by molar-refractivity contribution is -0.274. The van der Waals surface area contributed by atoms with Gasteiger partial charge in [0.05, 0.1) is 17.5 Å². The van der Waals surface area contributed by atoms with Crippen LogP contribution in [-0.2, 0) is 0 Å². The van der Waals surface area contributed by atoms with Crippen LogP contribution in [-0.4, -0.2) is 22.4 Å². The summed E-state index contributed by atoms with van der Waals surface area (Å²) in [5.74, 6) is -2.83. The molecular formula is C13H7F4NO3. The third-order valence-corrected chi connectivity index (χ3v) is 2.43. The van der Waals surface area contributed by atoms with Crippen molar-refractivity contribution in [3.05, 3.63) is 47.9 Å². The number of pyridine rings is 1. The Morgan fingerprint density at radius 3 is 2.57 bits per heavy atom. The Kier molecular flexibility index (Phi) is 3.79. The van der Waals surface area contributed by atoms with E-state index in [4.69, 9.17) is 5.11 Å². The molecule has 1 aromatic carbocycles. The van der Waals surface area contributed by atoms with Gasteiger partial charge in [0.15, 0.2) is 0 Å². The number of carbonyl (C=O) groups is 1. The molecule has 0 unspecified atom stereocenters. The zero-order valence-electron chi connectivity index (χ0n) is 10.2. The summed E-state index contributed by atoms with van der Waals surface area (Å²) < 4.78 is 53.2. The molecule has 0 saturated carbocycles. The van der Waals surface area contributed by atoms with E-state index in [-0.39, 0.29) is 11.3 Å². The maximum Gasteiger partial charge on any atom is 0.573 e. The second kappa shape index (κ2) is 5.39. The monoisotopic (exact) mass is 301 g/mol. The molecule has 0 saturated heterocycles. The predicted molar refractivity (Wildman–Crippen MR) is 63.3 cm³/mol. The summed E-state index contributed by atoms with van der Waals surface area (Å²) >= 11 is 0. The van der Waals surface area contributed by atoms with Crippen molar-refractivity contribution in [2.45, 2.75) is 6.36 Å². The summed E-state index contributed by atoms with van der Waals surface area (Å²) in [6.07, 6.45) is -4.09. The smallest absolute Gasteiger partial charge is 0.478 e. The highest BCUT2D eigenvalue weighted by Gasteiger charge is 2.31. The van der Waals surface area contributed by atoms with Crippen molar-refractivity contribution in [1.29, 1.82) is 0 Å². The predicted octanol–water partition coefficient (Wildman–Crippen LogP) is 3.48. The molecule has 1 heterocycles. The first-order chi connectivity index (χ1) is 9.76. The Labute approximate surface area is 115 Å². The van der Waals surface area contributed by atoms with E-state index in [0.717, 1.165) is 24.4 Å². The molecule has 21 heavy (non-hydrogen) atoms. The average molecular weight is 301 g/mol. The summed E-state index contributed by atoms with van der Waals surface area (Å²) in [4.78, 5) is 14.7. The van der Waals surface area contributed by atoms with Gasteiger partial charge < -0.3 is 9.84 Å². The number of hydrogen-bond donors (Lipinski definition) is 1. The maximum absolute atomic E-state index is 13.0. The van der Waals surface area contributed by atoms with E-state index in [1.807, 2.05) is 0 Å². The third kappa shape index (κ3) is 3.68. The highest BCUT2D eigenvalue weighted by atomic mass is 19.4. The Hall–Kier alpha value is -2.64. The number of nitrogens with zero attached hydrogens (tertiary/aromatic N) is 1. The van der Waals surface area contributed by atoms with Crippen LogP contribution in [0.1, 0.15) is 10.4 Å². The molecule has 1 N–H and O–H groups in total. The topological polar surface area (TPSA) is 59.4 Å². The molecule has 0 aliphatic heterocycles. The number of aromatic carboxylic acids is 1. The lowest BCUT2D eigenvalue weighted by atomic mass is 10.1. The lowest BCUT2D eigenvalue weighted by Gasteiger charge is -2.10. The molecule has 1 aromatic heterocycles. The van der Waals surface area contributed by atoms with E-state index in [1.54, 1.807) is 0 Å². The van der Waals surface area contributed by atoms with Gasteiger partial charge in [-0.05, 0) is 18.2 Å². The van der Waals surface area contributed by atoms with Gasteiger partial charge in [0.2, 0.25) is 0 Å². The SMILES string of the molecule is O=C(O)c1cc(F)cnc1-c1cccc(OC(F)(F)F)c1.